The summed E-state index contributed by atoms with van der Waals surface area (Å²) in [5.74, 6) is 0.0261. The Hall–Kier alpha value is -1.55. The van der Waals surface area contributed by atoms with Crippen LogP contribution in [0.1, 0.15) is 26.3 Å². The van der Waals surface area contributed by atoms with Gasteiger partial charge in [0.05, 0.1) is 0 Å². The first-order valence-corrected chi connectivity index (χ1v) is 7.17. The summed E-state index contributed by atoms with van der Waals surface area (Å²) >= 11 is 0. The van der Waals surface area contributed by atoms with Gasteiger partial charge in [-0.2, -0.15) is 0 Å². The van der Waals surface area contributed by atoms with Gasteiger partial charge in [0.1, 0.15) is 6.61 Å². The van der Waals surface area contributed by atoms with Gasteiger partial charge in [0.15, 0.2) is 0 Å². The normalized spacial score (nSPS) is 10.4. The molecule has 0 fully saturated rings. The van der Waals surface area contributed by atoms with Crippen LogP contribution in [0.3, 0.4) is 0 Å². The van der Waals surface area contributed by atoms with Crippen LogP contribution in [0, 0.1) is 5.41 Å². The van der Waals surface area contributed by atoms with E-state index >= 15 is 0 Å². The number of amides is 2. The first-order chi connectivity index (χ1) is 10.2. The zero-order valence-corrected chi connectivity index (χ0v) is 16.9. The van der Waals surface area contributed by atoms with Gasteiger partial charge >= 0.3 is 6.09 Å². The van der Waals surface area contributed by atoms with Crippen molar-refractivity contribution in [3.8, 4) is 0 Å². The number of hydrogen-bond acceptors (Lipinski definition) is 3. The van der Waals surface area contributed by atoms with Crippen molar-refractivity contribution in [1.29, 1.82) is 0 Å². The van der Waals surface area contributed by atoms with E-state index in [1.54, 1.807) is 36.2 Å². The fraction of sp³-hybridized carbons (Fsp3) is 0.500. The number of hydrogen-bond donors (Lipinski definition) is 1. The smallest absolute Gasteiger partial charge is 0.407 e. The molecule has 7 heteroatoms. The maximum atomic E-state index is 11.9. The van der Waals surface area contributed by atoms with Gasteiger partial charge in [0, 0.05) is 46.6 Å². The second-order valence-electron chi connectivity index (χ2n) is 6.18. The minimum Gasteiger partial charge on any atom is -0.699 e. The van der Waals surface area contributed by atoms with Crippen molar-refractivity contribution in [3.63, 3.8) is 0 Å². The number of carbonyl (C=O) groups is 2. The second kappa shape index (κ2) is 9.56. The van der Waals surface area contributed by atoms with Crippen molar-refractivity contribution in [2.24, 2.45) is 5.41 Å². The average Bonchev–Trinajstić information content (AvgIpc) is 2.44. The maximum Gasteiger partial charge on any atom is 0.407 e. The van der Waals surface area contributed by atoms with Crippen molar-refractivity contribution < 1.29 is 35.4 Å². The Labute approximate surface area is 152 Å². The topological polar surface area (TPSA) is 82.4 Å². The Morgan fingerprint density at radius 2 is 1.78 bits per heavy atom. The van der Waals surface area contributed by atoms with Gasteiger partial charge in [-0.3, -0.25) is 4.79 Å². The summed E-state index contributed by atoms with van der Waals surface area (Å²) in [5.41, 5.74) is 8.18. The third-order valence-corrected chi connectivity index (χ3v) is 3.03. The van der Waals surface area contributed by atoms with E-state index in [4.69, 9.17) is 10.5 Å². The molecular formula is C16H24N3O3W-. The molecule has 1 aromatic rings. The van der Waals surface area contributed by atoms with Gasteiger partial charge in [-0.05, 0) is 5.56 Å². The summed E-state index contributed by atoms with van der Waals surface area (Å²) in [4.78, 5) is 25.1. The van der Waals surface area contributed by atoms with Gasteiger partial charge in [0.2, 0.25) is 5.91 Å². The molecule has 0 aliphatic rings. The molecule has 0 radical (unpaired) electrons. The molecule has 1 rings (SSSR count). The number of likely N-dealkylation sites (N-methyl/N-ethyl adjacent to an activating group) is 1. The molecule has 0 atom stereocenters. The molecule has 0 saturated heterocycles. The van der Waals surface area contributed by atoms with E-state index in [9.17, 15) is 9.59 Å². The van der Waals surface area contributed by atoms with Crippen LogP contribution < -0.4 is 5.32 Å². The maximum absolute atomic E-state index is 11.9. The minimum atomic E-state index is -0.522. The molecule has 0 aliphatic heterocycles. The van der Waals surface area contributed by atoms with Crippen molar-refractivity contribution in [2.45, 2.75) is 27.4 Å². The third-order valence-electron chi connectivity index (χ3n) is 3.03. The molecule has 128 valence electrons. The Morgan fingerprint density at radius 3 is 2.30 bits per heavy atom. The SMILES string of the molecule is CN(CCNC(=O)OCc1ccc([NH-])cc1)C(=O)C(C)(C)C.[W]. The van der Waals surface area contributed by atoms with Crippen molar-refractivity contribution in [2.75, 3.05) is 20.1 Å². The van der Waals surface area contributed by atoms with E-state index in [0.29, 0.717) is 18.8 Å². The van der Waals surface area contributed by atoms with Gasteiger partial charge in [0.25, 0.3) is 0 Å². The summed E-state index contributed by atoms with van der Waals surface area (Å²) < 4.78 is 5.06. The van der Waals surface area contributed by atoms with Crippen LogP contribution >= 0.6 is 0 Å². The molecule has 0 bridgehead atoms. The van der Waals surface area contributed by atoms with Crippen LogP contribution in [-0.2, 0) is 37.2 Å². The number of nitrogens with zero attached hydrogens (tertiary/aromatic N) is 1. The number of alkyl carbamates (subject to hydrolysis) is 1. The summed E-state index contributed by atoms with van der Waals surface area (Å²) in [7, 11) is 1.71. The van der Waals surface area contributed by atoms with Crippen molar-refractivity contribution in [3.05, 3.63) is 35.6 Å². The number of nitrogens with one attached hydrogen (secondary N) is 2. The molecule has 0 spiro atoms. The Balaban J connectivity index is 0.00000484. The minimum absolute atomic E-state index is 0. The summed E-state index contributed by atoms with van der Waals surface area (Å²) in [5, 5.41) is 2.61. The molecule has 6 nitrogen and oxygen atoms in total. The van der Waals surface area contributed by atoms with E-state index in [-0.39, 0.29) is 33.6 Å². The van der Waals surface area contributed by atoms with Gasteiger partial charge < -0.3 is 20.7 Å². The Bertz CT molecular complexity index is 512. The molecule has 1 aromatic carbocycles. The fourth-order valence-corrected chi connectivity index (χ4v) is 1.80. The predicted molar refractivity (Wildman–Crippen MR) is 85.7 cm³/mol. The zero-order valence-electron chi connectivity index (χ0n) is 14.0. The summed E-state index contributed by atoms with van der Waals surface area (Å²) in [6.45, 7) is 6.49. The van der Waals surface area contributed by atoms with E-state index in [1.807, 2.05) is 20.8 Å². The quantitative estimate of drug-likeness (QED) is 0.689. The van der Waals surface area contributed by atoms with Gasteiger partial charge in [-0.15, -0.1) is 5.69 Å². The van der Waals surface area contributed by atoms with Crippen LogP contribution in [0.2, 0.25) is 0 Å². The predicted octanol–water partition coefficient (Wildman–Crippen LogP) is 3.10. The van der Waals surface area contributed by atoms with Gasteiger partial charge in [-0.25, -0.2) is 4.79 Å². The Morgan fingerprint density at radius 1 is 1.22 bits per heavy atom. The molecule has 0 saturated carbocycles. The van der Waals surface area contributed by atoms with Crippen molar-refractivity contribution >= 4 is 17.7 Å². The zero-order chi connectivity index (χ0) is 16.8. The standard InChI is InChI=1S/C16H24N3O3.W/c1-16(2,3)14(20)19(4)10-9-18-15(21)22-11-12-5-7-13(17)8-6-12;/h5-8,17H,9-11H2,1-4H3,(H,18,21);/q-1;. The van der Waals surface area contributed by atoms with E-state index < -0.39 is 11.5 Å². The van der Waals surface area contributed by atoms with Crippen LogP contribution in [-0.4, -0.2) is 37.0 Å². The first kappa shape index (κ1) is 21.4. The van der Waals surface area contributed by atoms with Crippen LogP contribution in [0.4, 0.5) is 10.5 Å². The van der Waals surface area contributed by atoms with Gasteiger partial charge in [-0.1, -0.05) is 45.0 Å². The fourth-order valence-electron chi connectivity index (χ4n) is 1.80. The second-order valence-corrected chi connectivity index (χ2v) is 6.18. The first-order valence-electron chi connectivity index (χ1n) is 7.17. The molecule has 2 N–H and O–H groups in total. The summed E-state index contributed by atoms with van der Waals surface area (Å²) in [6, 6.07) is 6.77. The largest absolute Gasteiger partial charge is 0.699 e. The average molecular weight is 490 g/mol. The van der Waals surface area contributed by atoms with E-state index in [1.165, 1.54) is 0 Å². The van der Waals surface area contributed by atoms with E-state index in [0.717, 1.165) is 5.56 Å². The molecular weight excluding hydrogens is 466 g/mol. The molecule has 0 unspecified atom stereocenters. The molecule has 23 heavy (non-hydrogen) atoms. The third kappa shape index (κ3) is 8.03. The van der Waals surface area contributed by atoms with Crippen LogP contribution in [0.5, 0.6) is 0 Å². The number of ether oxygens (including phenoxy) is 1. The monoisotopic (exact) mass is 490 g/mol. The van der Waals surface area contributed by atoms with Crippen LogP contribution in [0.15, 0.2) is 24.3 Å². The van der Waals surface area contributed by atoms with E-state index in [2.05, 4.69) is 5.32 Å². The molecule has 0 aliphatic carbocycles. The molecule has 2 amide bonds. The number of carbonyl (C=O) groups excluding carboxylic acids is 2. The molecule has 0 heterocycles. The number of rotatable bonds is 5. The molecule has 0 aromatic heterocycles. The van der Waals surface area contributed by atoms with Crippen LogP contribution in [0.25, 0.3) is 5.73 Å². The van der Waals surface area contributed by atoms with Crippen molar-refractivity contribution in [1.82, 2.24) is 10.2 Å². The number of benzene rings is 1. The Kier molecular flexibility index (Phi) is 8.91. The summed E-state index contributed by atoms with van der Waals surface area (Å²) in [6.07, 6.45) is -0.522.